The Bertz CT molecular complexity index is 643. The van der Waals surface area contributed by atoms with Gasteiger partial charge in [-0.05, 0) is 25.1 Å². The monoisotopic (exact) mass is 271 g/mol. The highest BCUT2D eigenvalue weighted by Gasteiger charge is 2.19. The van der Waals surface area contributed by atoms with Crippen molar-refractivity contribution in [3.63, 3.8) is 0 Å². The van der Waals surface area contributed by atoms with E-state index in [1.807, 2.05) is 13.1 Å². The zero-order valence-corrected chi connectivity index (χ0v) is 11.4. The van der Waals surface area contributed by atoms with E-state index < -0.39 is 0 Å². The van der Waals surface area contributed by atoms with Gasteiger partial charge in [0.2, 0.25) is 0 Å². The number of phenols is 2. The molecule has 1 aliphatic rings. The first-order valence-electron chi connectivity index (χ1n) is 6.66. The van der Waals surface area contributed by atoms with E-state index >= 15 is 0 Å². The van der Waals surface area contributed by atoms with Crippen LogP contribution in [0.4, 0.5) is 0 Å². The van der Waals surface area contributed by atoms with Crippen LogP contribution in [0.15, 0.2) is 24.4 Å². The van der Waals surface area contributed by atoms with Crippen molar-refractivity contribution in [1.29, 1.82) is 0 Å². The molecule has 104 valence electrons. The SMILES string of the molecule is Cc1ncc2c(n1)CCN(Cc1cc(O)ccc1O)C2. The fourth-order valence-electron chi connectivity index (χ4n) is 2.55. The fraction of sp³-hybridized carbons (Fsp3) is 0.333. The second-order valence-electron chi connectivity index (χ2n) is 5.16. The van der Waals surface area contributed by atoms with Crippen molar-refractivity contribution in [3.8, 4) is 11.5 Å². The average Bonchev–Trinajstić information content (AvgIpc) is 2.43. The molecule has 20 heavy (non-hydrogen) atoms. The average molecular weight is 271 g/mol. The predicted octanol–water partition coefficient (Wildman–Crippen LogP) is 1.75. The lowest BCUT2D eigenvalue weighted by Gasteiger charge is -2.28. The first-order chi connectivity index (χ1) is 9.61. The van der Waals surface area contributed by atoms with Crippen LogP contribution < -0.4 is 0 Å². The van der Waals surface area contributed by atoms with Crippen LogP contribution in [0.25, 0.3) is 0 Å². The number of benzene rings is 1. The molecule has 0 unspecified atom stereocenters. The second-order valence-corrected chi connectivity index (χ2v) is 5.16. The predicted molar refractivity (Wildman–Crippen MR) is 74.4 cm³/mol. The standard InChI is InChI=1S/C15H17N3O2/c1-10-16-7-12-9-18(5-4-14(12)17-10)8-11-6-13(19)2-3-15(11)20/h2-3,6-7,19-20H,4-5,8-9H2,1H3. The van der Waals surface area contributed by atoms with Crippen molar-refractivity contribution in [1.82, 2.24) is 14.9 Å². The highest BCUT2D eigenvalue weighted by molar-refractivity contribution is 5.38. The molecule has 0 amide bonds. The van der Waals surface area contributed by atoms with Crippen LogP contribution in [0.1, 0.15) is 22.6 Å². The Morgan fingerprint density at radius 2 is 2.15 bits per heavy atom. The van der Waals surface area contributed by atoms with E-state index in [0.717, 1.165) is 42.2 Å². The van der Waals surface area contributed by atoms with Gasteiger partial charge in [0.1, 0.15) is 17.3 Å². The molecule has 0 bridgehead atoms. The first kappa shape index (κ1) is 12.9. The zero-order chi connectivity index (χ0) is 14.1. The number of hydrogen-bond acceptors (Lipinski definition) is 5. The van der Waals surface area contributed by atoms with Crippen LogP contribution in [0, 0.1) is 6.92 Å². The van der Waals surface area contributed by atoms with Gasteiger partial charge in [-0.1, -0.05) is 0 Å². The topological polar surface area (TPSA) is 69.5 Å². The zero-order valence-electron chi connectivity index (χ0n) is 11.4. The smallest absolute Gasteiger partial charge is 0.125 e. The molecule has 2 heterocycles. The fourth-order valence-corrected chi connectivity index (χ4v) is 2.55. The summed E-state index contributed by atoms with van der Waals surface area (Å²) in [7, 11) is 0. The minimum atomic E-state index is 0.175. The van der Waals surface area contributed by atoms with Gasteiger partial charge in [0.25, 0.3) is 0 Å². The second kappa shape index (κ2) is 5.09. The van der Waals surface area contributed by atoms with Crippen LogP contribution in [-0.4, -0.2) is 31.6 Å². The van der Waals surface area contributed by atoms with Gasteiger partial charge in [0.15, 0.2) is 0 Å². The third-order valence-electron chi connectivity index (χ3n) is 3.59. The highest BCUT2D eigenvalue weighted by Crippen LogP contribution is 2.25. The van der Waals surface area contributed by atoms with Crippen molar-refractivity contribution in [2.24, 2.45) is 0 Å². The van der Waals surface area contributed by atoms with E-state index in [1.54, 1.807) is 6.07 Å². The molecule has 3 rings (SSSR count). The molecule has 1 aliphatic heterocycles. The summed E-state index contributed by atoms with van der Waals surface area (Å²) in [6, 6.07) is 4.62. The number of aryl methyl sites for hydroxylation is 1. The largest absolute Gasteiger partial charge is 0.508 e. The van der Waals surface area contributed by atoms with Gasteiger partial charge < -0.3 is 10.2 Å². The lowest BCUT2D eigenvalue weighted by Crippen LogP contribution is -2.31. The molecule has 1 aromatic heterocycles. The van der Waals surface area contributed by atoms with Crippen LogP contribution in [-0.2, 0) is 19.5 Å². The van der Waals surface area contributed by atoms with Gasteiger partial charge in [-0.2, -0.15) is 0 Å². The van der Waals surface area contributed by atoms with Crippen molar-refractivity contribution in [3.05, 3.63) is 47.0 Å². The van der Waals surface area contributed by atoms with E-state index in [1.165, 1.54) is 12.1 Å². The van der Waals surface area contributed by atoms with E-state index in [9.17, 15) is 10.2 Å². The maximum Gasteiger partial charge on any atom is 0.125 e. The molecule has 0 saturated heterocycles. The van der Waals surface area contributed by atoms with E-state index in [2.05, 4.69) is 14.9 Å². The third-order valence-corrected chi connectivity index (χ3v) is 3.59. The quantitative estimate of drug-likeness (QED) is 0.814. The Balaban J connectivity index is 1.77. The first-order valence-corrected chi connectivity index (χ1v) is 6.66. The van der Waals surface area contributed by atoms with E-state index in [0.29, 0.717) is 6.54 Å². The molecule has 0 spiro atoms. The Morgan fingerprint density at radius 1 is 1.30 bits per heavy atom. The molecule has 1 aromatic carbocycles. The van der Waals surface area contributed by atoms with Gasteiger partial charge in [-0.3, -0.25) is 4.90 Å². The van der Waals surface area contributed by atoms with Crippen molar-refractivity contribution >= 4 is 0 Å². The Labute approximate surface area is 117 Å². The van der Waals surface area contributed by atoms with Gasteiger partial charge in [-0.15, -0.1) is 0 Å². The van der Waals surface area contributed by atoms with Crippen molar-refractivity contribution in [2.45, 2.75) is 26.4 Å². The lowest BCUT2D eigenvalue weighted by atomic mass is 10.1. The molecular formula is C15H17N3O2. The van der Waals surface area contributed by atoms with Gasteiger partial charge >= 0.3 is 0 Å². The number of aromatic nitrogens is 2. The van der Waals surface area contributed by atoms with Gasteiger partial charge in [0, 0.05) is 49.1 Å². The summed E-state index contributed by atoms with van der Waals surface area (Å²) in [5, 5.41) is 19.3. The minimum absolute atomic E-state index is 0.175. The molecule has 0 saturated carbocycles. The molecule has 5 heteroatoms. The van der Waals surface area contributed by atoms with Crippen LogP contribution in [0.5, 0.6) is 11.5 Å². The number of aromatic hydroxyl groups is 2. The van der Waals surface area contributed by atoms with Crippen molar-refractivity contribution < 1.29 is 10.2 Å². The minimum Gasteiger partial charge on any atom is -0.508 e. The molecule has 0 aliphatic carbocycles. The highest BCUT2D eigenvalue weighted by atomic mass is 16.3. The summed E-state index contributed by atoms with van der Waals surface area (Å²) in [6.07, 6.45) is 2.77. The van der Waals surface area contributed by atoms with E-state index in [4.69, 9.17) is 0 Å². The molecule has 2 aromatic rings. The van der Waals surface area contributed by atoms with E-state index in [-0.39, 0.29) is 11.5 Å². The molecule has 0 fully saturated rings. The number of phenolic OH excluding ortho intramolecular Hbond substituents is 2. The number of hydrogen-bond donors (Lipinski definition) is 2. The Kier molecular flexibility index (Phi) is 3.28. The molecule has 2 N–H and O–H groups in total. The number of rotatable bonds is 2. The summed E-state index contributed by atoms with van der Waals surface area (Å²) in [5.74, 6) is 1.20. The maximum absolute atomic E-state index is 9.83. The maximum atomic E-state index is 9.83. The number of nitrogens with zero attached hydrogens (tertiary/aromatic N) is 3. The van der Waals surface area contributed by atoms with Gasteiger partial charge in [0.05, 0.1) is 0 Å². The van der Waals surface area contributed by atoms with Crippen LogP contribution >= 0.6 is 0 Å². The normalized spacial score (nSPS) is 15.1. The molecule has 0 radical (unpaired) electrons. The molecule has 0 atom stereocenters. The van der Waals surface area contributed by atoms with Gasteiger partial charge in [-0.25, -0.2) is 9.97 Å². The summed E-state index contributed by atoms with van der Waals surface area (Å²) < 4.78 is 0. The summed E-state index contributed by atoms with van der Waals surface area (Å²) >= 11 is 0. The number of fused-ring (bicyclic) bond motifs is 1. The Hall–Kier alpha value is -2.14. The lowest BCUT2D eigenvalue weighted by molar-refractivity contribution is 0.239. The summed E-state index contributed by atoms with van der Waals surface area (Å²) in [5.41, 5.74) is 3.00. The molecular weight excluding hydrogens is 254 g/mol. The Morgan fingerprint density at radius 3 is 3.00 bits per heavy atom. The summed E-state index contributed by atoms with van der Waals surface area (Å²) in [6.45, 7) is 4.16. The third kappa shape index (κ3) is 2.58. The molecule has 5 nitrogen and oxygen atoms in total. The van der Waals surface area contributed by atoms with Crippen LogP contribution in [0.3, 0.4) is 0 Å². The van der Waals surface area contributed by atoms with Crippen LogP contribution in [0.2, 0.25) is 0 Å². The van der Waals surface area contributed by atoms with Crippen molar-refractivity contribution in [2.75, 3.05) is 6.54 Å². The summed E-state index contributed by atoms with van der Waals surface area (Å²) in [4.78, 5) is 10.9.